The molecule has 0 unspecified atom stereocenters. The van der Waals surface area contributed by atoms with Crippen molar-refractivity contribution in [2.24, 2.45) is 0 Å². The number of carbonyl (C=O) groups is 1. The van der Waals surface area contributed by atoms with Gasteiger partial charge in [-0.2, -0.15) is 8.78 Å². The molecule has 2 aromatic carbocycles. The second-order valence-electron chi connectivity index (χ2n) is 4.77. The molecule has 1 N–H and O–H groups in total. The summed E-state index contributed by atoms with van der Waals surface area (Å²) in [5, 5.41) is 2.58. The monoisotopic (exact) mass is 375 g/mol. The van der Waals surface area contributed by atoms with E-state index in [-0.39, 0.29) is 21.2 Å². The van der Waals surface area contributed by atoms with Crippen molar-refractivity contribution in [1.29, 1.82) is 0 Å². The van der Waals surface area contributed by atoms with Crippen molar-refractivity contribution in [3.63, 3.8) is 0 Å². The van der Waals surface area contributed by atoms with E-state index >= 15 is 0 Å². The minimum Gasteiger partial charge on any atom is -0.435 e. The lowest BCUT2D eigenvalue weighted by atomic mass is 10.2. The second-order valence-corrected chi connectivity index (χ2v) is 7.19. The van der Waals surface area contributed by atoms with Crippen molar-refractivity contribution in [3.8, 4) is 5.75 Å². The van der Waals surface area contributed by atoms with Crippen LogP contribution >= 0.6 is 11.6 Å². The van der Waals surface area contributed by atoms with Gasteiger partial charge in [-0.25, -0.2) is 8.42 Å². The van der Waals surface area contributed by atoms with Gasteiger partial charge in [-0.15, -0.1) is 0 Å². The highest BCUT2D eigenvalue weighted by atomic mass is 35.5. The van der Waals surface area contributed by atoms with Crippen LogP contribution in [-0.2, 0) is 9.84 Å². The number of sulfone groups is 1. The van der Waals surface area contributed by atoms with E-state index in [1.165, 1.54) is 42.5 Å². The van der Waals surface area contributed by atoms with Crippen LogP contribution in [0.25, 0.3) is 0 Å². The first-order valence-electron chi connectivity index (χ1n) is 6.52. The predicted molar refractivity (Wildman–Crippen MR) is 85.6 cm³/mol. The number of hydrogen-bond donors (Lipinski definition) is 1. The van der Waals surface area contributed by atoms with Gasteiger partial charge in [-0.05, 0) is 42.5 Å². The number of nitrogens with one attached hydrogen (secondary N) is 1. The smallest absolute Gasteiger partial charge is 0.387 e. The number of halogens is 3. The number of benzene rings is 2. The summed E-state index contributed by atoms with van der Waals surface area (Å²) >= 11 is 5.93. The van der Waals surface area contributed by atoms with Crippen LogP contribution in [0.2, 0.25) is 5.02 Å². The summed E-state index contributed by atoms with van der Waals surface area (Å²) in [4.78, 5) is 12.2. The van der Waals surface area contributed by atoms with Gasteiger partial charge in [0.05, 0.1) is 15.5 Å². The highest BCUT2D eigenvalue weighted by Gasteiger charge is 2.16. The third kappa shape index (κ3) is 4.65. The Hall–Kier alpha value is -2.19. The van der Waals surface area contributed by atoms with Crippen molar-refractivity contribution < 1.29 is 26.7 Å². The maximum Gasteiger partial charge on any atom is 0.387 e. The molecule has 0 saturated carbocycles. The lowest BCUT2D eigenvalue weighted by molar-refractivity contribution is -0.0498. The summed E-state index contributed by atoms with van der Waals surface area (Å²) in [6.07, 6.45) is 1.01. The Morgan fingerprint density at radius 2 is 1.79 bits per heavy atom. The summed E-state index contributed by atoms with van der Waals surface area (Å²) in [7, 11) is -3.49. The van der Waals surface area contributed by atoms with Gasteiger partial charge in [0.1, 0.15) is 5.75 Å². The van der Waals surface area contributed by atoms with Crippen LogP contribution in [0.4, 0.5) is 14.5 Å². The first-order chi connectivity index (χ1) is 11.2. The fraction of sp³-hybridized carbons (Fsp3) is 0.133. The zero-order chi connectivity index (χ0) is 17.9. The molecule has 0 fully saturated rings. The maximum atomic E-state index is 12.2. The molecule has 24 heavy (non-hydrogen) atoms. The van der Waals surface area contributed by atoms with Crippen molar-refractivity contribution in [2.45, 2.75) is 11.5 Å². The van der Waals surface area contributed by atoms with Gasteiger partial charge in [0.25, 0.3) is 5.91 Å². The van der Waals surface area contributed by atoms with Crippen LogP contribution < -0.4 is 10.1 Å². The molecule has 0 spiro atoms. The van der Waals surface area contributed by atoms with Crippen molar-refractivity contribution >= 4 is 33.0 Å². The van der Waals surface area contributed by atoms with Crippen molar-refractivity contribution in [3.05, 3.63) is 53.1 Å². The number of anilines is 1. The first-order valence-corrected chi connectivity index (χ1v) is 8.79. The lowest BCUT2D eigenvalue weighted by Crippen LogP contribution is -2.13. The zero-order valence-corrected chi connectivity index (χ0v) is 13.9. The molecule has 0 heterocycles. The molecule has 2 aromatic rings. The highest BCUT2D eigenvalue weighted by molar-refractivity contribution is 7.90. The van der Waals surface area contributed by atoms with E-state index in [4.69, 9.17) is 11.6 Å². The van der Waals surface area contributed by atoms with Gasteiger partial charge < -0.3 is 10.1 Å². The molecule has 0 radical (unpaired) electrons. The van der Waals surface area contributed by atoms with Crippen LogP contribution in [0.5, 0.6) is 5.75 Å². The Morgan fingerprint density at radius 1 is 1.17 bits per heavy atom. The molecule has 2 rings (SSSR count). The van der Waals surface area contributed by atoms with Crippen LogP contribution in [-0.4, -0.2) is 27.2 Å². The van der Waals surface area contributed by atoms with Crippen molar-refractivity contribution in [1.82, 2.24) is 0 Å². The minimum atomic E-state index is -3.49. The van der Waals surface area contributed by atoms with Crippen LogP contribution in [0, 0.1) is 0 Å². The Labute approximate surface area is 142 Å². The Bertz CT molecular complexity index is 854. The average Bonchev–Trinajstić information content (AvgIpc) is 2.48. The van der Waals surface area contributed by atoms with Gasteiger partial charge >= 0.3 is 6.61 Å². The van der Waals surface area contributed by atoms with Crippen molar-refractivity contribution in [2.75, 3.05) is 11.6 Å². The Morgan fingerprint density at radius 3 is 2.33 bits per heavy atom. The standard InChI is InChI=1S/C15H12ClF2NO4S/c1-24(21,22)11-6-7-13(16)12(8-11)14(20)19-9-2-4-10(5-3-9)23-15(17)18/h2-8,15H,1H3,(H,19,20). The zero-order valence-electron chi connectivity index (χ0n) is 12.3. The fourth-order valence-electron chi connectivity index (χ4n) is 1.83. The van der Waals surface area contributed by atoms with Gasteiger partial charge in [0.15, 0.2) is 9.84 Å². The summed E-state index contributed by atoms with van der Waals surface area (Å²) in [5.41, 5.74) is 0.287. The van der Waals surface area contributed by atoms with E-state index < -0.39 is 22.4 Å². The Balaban J connectivity index is 2.21. The number of rotatable bonds is 5. The molecular weight excluding hydrogens is 364 g/mol. The molecule has 0 aromatic heterocycles. The fourth-order valence-corrected chi connectivity index (χ4v) is 2.68. The molecule has 0 saturated heterocycles. The van der Waals surface area contributed by atoms with E-state index in [1.807, 2.05) is 0 Å². The number of carbonyl (C=O) groups excluding carboxylic acids is 1. The summed E-state index contributed by atoms with van der Waals surface area (Å²) in [6.45, 7) is -2.94. The largest absolute Gasteiger partial charge is 0.435 e. The summed E-state index contributed by atoms with van der Waals surface area (Å²) < 4.78 is 51.5. The van der Waals surface area contributed by atoms with Crippen LogP contribution in [0.15, 0.2) is 47.4 Å². The first kappa shape index (κ1) is 18.2. The van der Waals surface area contributed by atoms with Gasteiger partial charge in [0, 0.05) is 11.9 Å². The number of hydrogen-bond acceptors (Lipinski definition) is 4. The third-order valence-corrected chi connectivity index (χ3v) is 4.39. The summed E-state index contributed by atoms with van der Waals surface area (Å²) in [6, 6.07) is 9.03. The SMILES string of the molecule is CS(=O)(=O)c1ccc(Cl)c(C(=O)Nc2ccc(OC(F)F)cc2)c1. The number of ether oxygens (including phenoxy) is 1. The molecule has 0 aliphatic rings. The van der Waals surface area contributed by atoms with E-state index in [9.17, 15) is 22.0 Å². The topological polar surface area (TPSA) is 72.5 Å². The molecule has 0 atom stereocenters. The quantitative estimate of drug-likeness (QED) is 0.866. The molecule has 5 nitrogen and oxygen atoms in total. The highest BCUT2D eigenvalue weighted by Crippen LogP contribution is 2.23. The molecule has 128 valence electrons. The van der Waals surface area contributed by atoms with E-state index in [1.54, 1.807) is 0 Å². The van der Waals surface area contributed by atoms with Gasteiger partial charge in [-0.1, -0.05) is 11.6 Å². The van der Waals surface area contributed by atoms with E-state index in [0.29, 0.717) is 5.69 Å². The lowest BCUT2D eigenvalue weighted by Gasteiger charge is -2.09. The van der Waals surface area contributed by atoms with Gasteiger partial charge in [-0.3, -0.25) is 4.79 Å². The molecule has 1 amide bonds. The Kier molecular flexibility index (Phi) is 5.40. The molecule has 0 aliphatic heterocycles. The van der Waals surface area contributed by atoms with E-state index in [2.05, 4.69) is 10.1 Å². The maximum absolute atomic E-state index is 12.2. The normalized spacial score (nSPS) is 11.4. The van der Waals surface area contributed by atoms with Crippen LogP contribution in [0.3, 0.4) is 0 Å². The summed E-state index contributed by atoms with van der Waals surface area (Å²) in [5.74, 6) is -0.687. The molecule has 9 heteroatoms. The molecule has 0 aliphatic carbocycles. The second kappa shape index (κ2) is 7.14. The van der Waals surface area contributed by atoms with E-state index in [0.717, 1.165) is 6.26 Å². The average molecular weight is 376 g/mol. The third-order valence-electron chi connectivity index (χ3n) is 2.95. The predicted octanol–water partition coefficient (Wildman–Crippen LogP) is 3.60. The van der Waals surface area contributed by atoms with Crippen LogP contribution in [0.1, 0.15) is 10.4 Å². The van der Waals surface area contributed by atoms with Gasteiger partial charge in [0.2, 0.25) is 0 Å². The molecule has 0 bridgehead atoms. The minimum absolute atomic E-state index is 0.0208. The number of alkyl halides is 2. The molecular formula is C15H12ClF2NO4S. The number of amides is 1.